The number of hydrogen-bond acceptors (Lipinski definition) is 4. The van der Waals surface area contributed by atoms with Crippen molar-refractivity contribution in [3.63, 3.8) is 0 Å². The van der Waals surface area contributed by atoms with Gasteiger partial charge in [0.05, 0.1) is 17.4 Å². The van der Waals surface area contributed by atoms with Gasteiger partial charge in [-0.2, -0.15) is 0 Å². The Kier molecular flexibility index (Phi) is 5.78. The summed E-state index contributed by atoms with van der Waals surface area (Å²) < 4.78 is 0.928. The van der Waals surface area contributed by atoms with E-state index in [4.69, 9.17) is 17.3 Å². The molecule has 0 saturated heterocycles. The summed E-state index contributed by atoms with van der Waals surface area (Å²) in [5.41, 5.74) is 8.54. The monoisotopic (exact) mass is 388 g/mol. The molecule has 2 N–H and O–H groups in total. The summed E-state index contributed by atoms with van der Waals surface area (Å²) in [6, 6.07) is 18.2. The van der Waals surface area contributed by atoms with E-state index in [2.05, 4.69) is 17.1 Å². The standard InChI is InChI=1S/C19H17ClN2OS2/c1-12-16(11-17(21)23)24-19(22-12)25-18(13-5-3-2-4-6-13)14-7-9-15(20)10-8-14/h2-10,18H,11H2,1H3,(H2,21,23). The van der Waals surface area contributed by atoms with Gasteiger partial charge in [0, 0.05) is 9.90 Å². The van der Waals surface area contributed by atoms with Gasteiger partial charge in [-0.05, 0) is 30.2 Å². The van der Waals surface area contributed by atoms with Crippen LogP contribution in [0.15, 0.2) is 58.9 Å². The van der Waals surface area contributed by atoms with Crippen molar-refractivity contribution in [2.75, 3.05) is 0 Å². The number of primary amides is 1. The third-order valence-electron chi connectivity index (χ3n) is 3.70. The van der Waals surface area contributed by atoms with Gasteiger partial charge in [-0.25, -0.2) is 4.98 Å². The minimum atomic E-state index is -0.333. The summed E-state index contributed by atoms with van der Waals surface area (Å²) in [7, 11) is 0. The molecule has 0 aliphatic heterocycles. The van der Waals surface area contributed by atoms with E-state index in [-0.39, 0.29) is 17.6 Å². The van der Waals surface area contributed by atoms with Crippen molar-refractivity contribution in [2.45, 2.75) is 22.9 Å². The molecule has 128 valence electrons. The van der Waals surface area contributed by atoms with Crippen molar-refractivity contribution < 1.29 is 4.79 Å². The molecule has 3 aromatic rings. The van der Waals surface area contributed by atoms with Crippen LogP contribution < -0.4 is 5.73 Å². The zero-order chi connectivity index (χ0) is 17.8. The molecule has 0 bridgehead atoms. The number of benzene rings is 2. The van der Waals surface area contributed by atoms with Gasteiger partial charge in [0.25, 0.3) is 0 Å². The second-order valence-electron chi connectivity index (χ2n) is 5.59. The average molecular weight is 389 g/mol. The second-order valence-corrected chi connectivity index (χ2v) is 8.46. The number of carbonyl (C=O) groups excluding carboxylic acids is 1. The zero-order valence-electron chi connectivity index (χ0n) is 13.6. The number of thioether (sulfide) groups is 1. The number of carbonyl (C=O) groups is 1. The first-order chi connectivity index (χ1) is 12.0. The SMILES string of the molecule is Cc1nc(SC(c2ccccc2)c2ccc(Cl)cc2)sc1CC(N)=O. The highest BCUT2D eigenvalue weighted by molar-refractivity contribution is 8.01. The lowest BCUT2D eigenvalue weighted by atomic mass is 10.0. The summed E-state index contributed by atoms with van der Waals surface area (Å²) in [4.78, 5) is 16.8. The molecule has 3 rings (SSSR count). The summed E-state index contributed by atoms with van der Waals surface area (Å²) in [5.74, 6) is -0.333. The van der Waals surface area contributed by atoms with Gasteiger partial charge in [-0.3, -0.25) is 4.79 Å². The lowest BCUT2D eigenvalue weighted by molar-refractivity contribution is -0.117. The topological polar surface area (TPSA) is 56.0 Å². The molecule has 1 heterocycles. The van der Waals surface area contributed by atoms with Gasteiger partial charge in [0.2, 0.25) is 5.91 Å². The van der Waals surface area contributed by atoms with Crippen LogP contribution in [0.3, 0.4) is 0 Å². The van der Waals surface area contributed by atoms with Crippen molar-refractivity contribution in [3.05, 3.63) is 81.3 Å². The largest absolute Gasteiger partial charge is 0.369 e. The Morgan fingerprint density at radius 3 is 2.44 bits per heavy atom. The normalized spacial score (nSPS) is 12.1. The highest BCUT2D eigenvalue weighted by Crippen LogP contribution is 2.42. The van der Waals surface area contributed by atoms with Crippen molar-refractivity contribution in [1.82, 2.24) is 4.98 Å². The zero-order valence-corrected chi connectivity index (χ0v) is 16.0. The number of hydrogen-bond donors (Lipinski definition) is 1. The summed E-state index contributed by atoms with van der Waals surface area (Å²) in [5, 5.41) is 0.819. The van der Waals surface area contributed by atoms with Crippen LogP contribution in [0.5, 0.6) is 0 Å². The van der Waals surface area contributed by atoms with E-state index in [1.165, 1.54) is 16.9 Å². The maximum atomic E-state index is 11.2. The third kappa shape index (κ3) is 4.63. The van der Waals surface area contributed by atoms with E-state index in [1.807, 2.05) is 49.4 Å². The minimum absolute atomic E-state index is 0.102. The molecule has 0 saturated carbocycles. The fourth-order valence-corrected chi connectivity index (χ4v) is 5.16. The second kappa shape index (κ2) is 8.04. The predicted molar refractivity (Wildman–Crippen MR) is 105 cm³/mol. The molecule has 0 aliphatic rings. The van der Waals surface area contributed by atoms with Crippen LogP contribution in [0.4, 0.5) is 0 Å². The van der Waals surface area contributed by atoms with E-state index >= 15 is 0 Å². The van der Waals surface area contributed by atoms with Crippen LogP contribution >= 0.6 is 34.7 Å². The van der Waals surface area contributed by atoms with Gasteiger partial charge in [0.15, 0.2) is 4.34 Å². The highest BCUT2D eigenvalue weighted by atomic mass is 35.5. The number of rotatable bonds is 6. The van der Waals surface area contributed by atoms with E-state index in [9.17, 15) is 4.79 Å². The maximum absolute atomic E-state index is 11.2. The number of halogens is 1. The van der Waals surface area contributed by atoms with Gasteiger partial charge in [0.1, 0.15) is 0 Å². The highest BCUT2D eigenvalue weighted by Gasteiger charge is 2.19. The van der Waals surface area contributed by atoms with Gasteiger partial charge >= 0.3 is 0 Å². The summed E-state index contributed by atoms with van der Waals surface area (Å²) in [6.45, 7) is 1.92. The third-order valence-corrected chi connectivity index (χ3v) is 6.52. The number of amides is 1. The van der Waals surface area contributed by atoms with Crippen molar-refractivity contribution in [2.24, 2.45) is 5.73 Å². The van der Waals surface area contributed by atoms with Gasteiger partial charge in [-0.1, -0.05) is 65.8 Å². The lowest BCUT2D eigenvalue weighted by Crippen LogP contribution is -2.13. The Labute approximate surface area is 160 Å². The molecule has 1 aromatic heterocycles. The first-order valence-corrected chi connectivity index (χ1v) is 9.82. The van der Waals surface area contributed by atoms with Crippen LogP contribution in [0.25, 0.3) is 0 Å². The molecule has 1 unspecified atom stereocenters. The summed E-state index contributed by atoms with van der Waals surface area (Å²) >= 11 is 9.24. The first kappa shape index (κ1) is 18.0. The first-order valence-electron chi connectivity index (χ1n) is 7.74. The van der Waals surface area contributed by atoms with Crippen LogP contribution in [0.2, 0.25) is 5.02 Å². The molecule has 0 radical (unpaired) electrons. The summed E-state index contributed by atoms with van der Waals surface area (Å²) in [6.07, 6.45) is 0.237. The molecule has 1 atom stereocenters. The average Bonchev–Trinajstić information content (AvgIpc) is 2.93. The fourth-order valence-electron chi connectivity index (χ4n) is 2.47. The van der Waals surface area contributed by atoms with Crippen LogP contribution in [-0.4, -0.2) is 10.9 Å². The van der Waals surface area contributed by atoms with Crippen LogP contribution in [0.1, 0.15) is 26.9 Å². The molecule has 0 fully saturated rings. The number of nitrogens with zero attached hydrogens (tertiary/aromatic N) is 1. The van der Waals surface area contributed by atoms with E-state index in [1.54, 1.807) is 11.8 Å². The number of aromatic nitrogens is 1. The van der Waals surface area contributed by atoms with Gasteiger partial charge in [-0.15, -0.1) is 11.3 Å². The molecule has 25 heavy (non-hydrogen) atoms. The molecule has 0 spiro atoms. The number of thiazole rings is 1. The Morgan fingerprint density at radius 1 is 1.16 bits per heavy atom. The molecule has 3 nitrogen and oxygen atoms in total. The van der Waals surface area contributed by atoms with Crippen LogP contribution in [0, 0.1) is 6.92 Å². The number of nitrogens with two attached hydrogens (primary N) is 1. The fraction of sp³-hybridized carbons (Fsp3) is 0.158. The van der Waals surface area contributed by atoms with E-state index in [0.29, 0.717) is 0 Å². The molecule has 0 aliphatic carbocycles. The number of aryl methyl sites for hydroxylation is 1. The molecule has 1 amide bonds. The van der Waals surface area contributed by atoms with Gasteiger partial charge < -0.3 is 5.73 Å². The van der Waals surface area contributed by atoms with E-state index < -0.39 is 0 Å². The molecule has 2 aromatic carbocycles. The quantitative estimate of drug-likeness (QED) is 0.603. The Bertz CT molecular complexity index is 863. The molecule has 6 heteroatoms. The molecular weight excluding hydrogens is 372 g/mol. The van der Waals surface area contributed by atoms with E-state index in [0.717, 1.165) is 25.5 Å². The maximum Gasteiger partial charge on any atom is 0.222 e. The Hall–Kier alpha value is -1.82. The Morgan fingerprint density at radius 2 is 1.80 bits per heavy atom. The smallest absolute Gasteiger partial charge is 0.222 e. The minimum Gasteiger partial charge on any atom is -0.369 e. The Balaban J connectivity index is 1.93. The molecular formula is C19H17ClN2OS2. The van der Waals surface area contributed by atoms with Crippen molar-refractivity contribution in [1.29, 1.82) is 0 Å². The lowest BCUT2D eigenvalue weighted by Gasteiger charge is -2.16. The van der Waals surface area contributed by atoms with Crippen LogP contribution in [-0.2, 0) is 11.2 Å². The van der Waals surface area contributed by atoms with Crippen molar-refractivity contribution >= 4 is 40.6 Å². The predicted octanol–water partition coefficient (Wildman–Crippen LogP) is 5.01. The van der Waals surface area contributed by atoms with Crippen molar-refractivity contribution in [3.8, 4) is 0 Å².